The van der Waals surface area contributed by atoms with Crippen LogP contribution in [-0.2, 0) is 0 Å². The molecule has 0 bridgehead atoms. The summed E-state index contributed by atoms with van der Waals surface area (Å²) in [5.41, 5.74) is 0.753. The zero-order valence-electron chi connectivity index (χ0n) is 9.19. The topological polar surface area (TPSA) is 0 Å². The van der Waals surface area contributed by atoms with E-state index in [0.29, 0.717) is 0 Å². The van der Waals surface area contributed by atoms with Crippen molar-refractivity contribution < 1.29 is 0 Å². The van der Waals surface area contributed by atoms with E-state index in [9.17, 15) is 0 Å². The van der Waals surface area contributed by atoms with Gasteiger partial charge in [-0.2, -0.15) is 0 Å². The lowest BCUT2D eigenvalue weighted by Gasteiger charge is -2.48. The van der Waals surface area contributed by atoms with Crippen LogP contribution in [0.15, 0.2) is 0 Å². The lowest BCUT2D eigenvalue weighted by molar-refractivity contribution is 0.0313. The molecule has 1 aliphatic rings. The average molecular weight is 168 g/mol. The Kier molecular flexibility index (Phi) is 3.20. The second-order valence-electron chi connectivity index (χ2n) is 5.12. The molecule has 0 heterocycles. The fraction of sp³-hybridized carbons (Fsp3) is 1.00. The van der Waals surface area contributed by atoms with E-state index in [1.54, 1.807) is 0 Å². The minimum Gasteiger partial charge on any atom is -0.0651 e. The highest BCUT2D eigenvalue weighted by Gasteiger charge is 2.40. The Bertz CT molecular complexity index is 131. The molecule has 1 atom stereocenters. The van der Waals surface area contributed by atoms with Crippen LogP contribution in [0.25, 0.3) is 0 Å². The largest absolute Gasteiger partial charge is 0.0651 e. The Hall–Kier alpha value is 0. The first-order valence-corrected chi connectivity index (χ1v) is 5.60. The van der Waals surface area contributed by atoms with Crippen LogP contribution >= 0.6 is 0 Å². The van der Waals surface area contributed by atoms with E-state index in [-0.39, 0.29) is 0 Å². The van der Waals surface area contributed by atoms with Crippen LogP contribution in [-0.4, -0.2) is 0 Å². The van der Waals surface area contributed by atoms with Crippen molar-refractivity contribution in [2.45, 2.75) is 59.8 Å². The van der Waals surface area contributed by atoms with Crippen LogP contribution in [0.3, 0.4) is 0 Å². The molecule has 0 radical (unpaired) electrons. The maximum absolute atomic E-state index is 2.45. The van der Waals surface area contributed by atoms with Crippen molar-refractivity contribution >= 4 is 0 Å². The second-order valence-corrected chi connectivity index (χ2v) is 5.12. The lowest BCUT2D eigenvalue weighted by Crippen LogP contribution is -2.37. The molecule has 0 aromatic rings. The first kappa shape index (κ1) is 10.1. The van der Waals surface area contributed by atoms with Crippen LogP contribution in [0.5, 0.6) is 0 Å². The van der Waals surface area contributed by atoms with Gasteiger partial charge >= 0.3 is 0 Å². The first-order valence-electron chi connectivity index (χ1n) is 5.60. The fourth-order valence-electron chi connectivity index (χ4n) is 2.78. The number of hydrogen-bond donors (Lipinski definition) is 0. The van der Waals surface area contributed by atoms with Crippen molar-refractivity contribution in [1.29, 1.82) is 0 Å². The van der Waals surface area contributed by atoms with Crippen LogP contribution < -0.4 is 0 Å². The number of hydrogen-bond acceptors (Lipinski definition) is 0. The Morgan fingerprint density at radius 3 is 2.00 bits per heavy atom. The van der Waals surface area contributed by atoms with Gasteiger partial charge in [0.05, 0.1) is 0 Å². The van der Waals surface area contributed by atoms with Crippen molar-refractivity contribution in [3.63, 3.8) is 0 Å². The van der Waals surface area contributed by atoms with Crippen LogP contribution in [0.4, 0.5) is 0 Å². The Balaban J connectivity index is 2.50. The van der Waals surface area contributed by atoms with Gasteiger partial charge in [0.1, 0.15) is 0 Å². The van der Waals surface area contributed by atoms with Gasteiger partial charge in [-0.3, -0.25) is 0 Å². The maximum Gasteiger partial charge on any atom is -0.0269 e. The van der Waals surface area contributed by atoms with E-state index >= 15 is 0 Å². The molecular formula is C12H24. The molecule has 1 fully saturated rings. The molecule has 72 valence electrons. The second kappa shape index (κ2) is 3.81. The van der Waals surface area contributed by atoms with Crippen molar-refractivity contribution in [3.8, 4) is 0 Å². The molecule has 1 aliphatic carbocycles. The van der Waals surface area contributed by atoms with Gasteiger partial charge in [0, 0.05) is 0 Å². The summed E-state index contributed by atoms with van der Waals surface area (Å²) in [6.07, 6.45) is 7.31. The standard InChI is InChI=1S/C12H24/c1-5-11(4)12(7-6-8-12)9-10(2)3/h10-11H,5-9H2,1-4H3. The third kappa shape index (κ3) is 1.84. The molecule has 0 aliphatic heterocycles. The van der Waals surface area contributed by atoms with E-state index in [2.05, 4.69) is 27.7 Å². The highest BCUT2D eigenvalue weighted by atomic mass is 14.5. The summed E-state index contributed by atoms with van der Waals surface area (Å²) in [6.45, 7) is 9.51. The molecule has 0 nitrogen and oxygen atoms in total. The third-order valence-electron chi connectivity index (χ3n) is 3.82. The van der Waals surface area contributed by atoms with Gasteiger partial charge in [-0.15, -0.1) is 0 Å². The van der Waals surface area contributed by atoms with E-state index in [0.717, 1.165) is 17.3 Å². The Labute approximate surface area is 77.7 Å². The zero-order chi connectivity index (χ0) is 9.19. The Morgan fingerprint density at radius 2 is 1.75 bits per heavy atom. The van der Waals surface area contributed by atoms with Crippen LogP contribution in [0, 0.1) is 17.3 Å². The number of rotatable bonds is 4. The summed E-state index contributed by atoms with van der Waals surface area (Å²) in [5, 5.41) is 0. The average Bonchev–Trinajstić information content (AvgIpc) is 1.95. The summed E-state index contributed by atoms with van der Waals surface area (Å²) in [5.74, 6) is 1.84. The minimum atomic E-state index is 0.753. The summed E-state index contributed by atoms with van der Waals surface area (Å²) in [4.78, 5) is 0. The molecule has 0 spiro atoms. The molecule has 0 aromatic heterocycles. The van der Waals surface area contributed by atoms with E-state index in [1.165, 1.54) is 32.1 Å². The summed E-state index contributed by atoms with van der Waals surface area (Å²) >= 11 is 0. The molecule has 1 rings (SSSR count). The van der Waals surface area contributed by atoms with E-state index in [4.69, 9.17) is 0 Å². The van der Waals surface area contributed by atoms with Gasteiger partial charge in [-0.05, 0) is 36.5 Å². The summed E-state index contributed by atoms with van der Waals surface area (Å²) in [7, 11) is 0. The predicted molar refractivity (Wildman–Crippen MR) is 55.2 cm³/mol. The van der Waals surface area contributed by atoms with Gasteiger partial charge in [-0.1, -0.05) is 40.5 Å². The maximum atomic E-state index is 2.45. The smallest absolute Gasteiger partial charge is 0.0269 e. The molecule has 12 heavy (non-hydrogen) atoms. The van der Waals surface area contributed by atoms with Crippen molar-refractivity contribution in [2.75, 3.05) is 0 Å². The molecular weight excluding hydrogens is 144 g/mol. The van der Waals surface area contributed by atoms with Crippen LogP contribution in [0.1, 0.15) is 59.8 Å². The zero-order valence-corrected chi connectivity index (χ0v) is 9.19. The lowest BCUT2D eigenvalue weighted by atomic mass is 9.57. The fourth-order valence-corrected chi connectivity index (χ4v) is 2.78. The first-order chi connectivity index (χ1) is 5.60. The Morgan fingerprint density at radius 1 is 1.17 bits per heavy atom. The molecule has 0 aromatic carbocycles. The van der Waals surface area contributed by atoms with Crippen molar-refractivity contribution in [1.82, 2.24) is 0 Å². The molecule has 0 amide bonds. The summed E-state index contributed by atoms with van der Waals surface area (Å²) in [6, 6.07) is 0. The normalized spacial score (nSPS) is 23.8. The van der Waals surface area contributed by atoms with Crippen molar-refractivity contribution in [3.05, 3.63) is 0 Å². The van der Waals surface area contributed by atoms with Gasteiger partial charge < -0.3 is 0 Å². The monoisotopic (exact) mass is 168 g/mol. The third-order valence-corrected chi connectivity index (χ3v) is 3.82. The highest BCUT2D eigenvalue weighted by Crippen LogP contribution is 2.52. The molecule has 1 saturated carbocycles. The van der Waals surface area contributed by atoms with Gasteiger partial charge in [-0.25, -0.2) is 0 Å². The quantitative estimate of drug-likeness (QED) is 0.588. The van der Waals surface area contributed by atoms with Gasteiger partial charge in [0.25, 0.3) is 0 Å². The van der Waals surface area contributed by atoms with Crippen molar-refractivity contribution in [2.24, 2.45) is 17.3 Å². The minimum absolute atomic E-state index is 0.753. The molecule has 0 N–H and O–H groups in total. The van der Waals surface area contributed by atoms with Gasteiger partial charge in [0.15, 0.2) is 0 Å². The molecule has 0 saturated heterocycles. The van der Waals surface area contributed by atoms with E-state index in [1.807, 2.05) is 0 Å². The summed E-state index contributed by atoms with van der Waals surface area (Å²) < 4.78 is 0. The SMILES string of the molecule is CCC(C)C1(CC(C)C)CCC1. The molecule has 1 unspecified atom stereocenters. The predicted octanol–water partition coefficient (Wildman–Crippen LogP) is 4.25. The molecule has 0 heteroatoms. The highest BCUT2D eigenvalue weighted by molar-refractivity contribution is 4.91. The van der Waals surface area contributed by atoms with Crippen LogP contribution in [0.2, 0.25) is 0 Å². The van der Waals surface area contributed by atoms with E-state index < -0.39 is 0 Å². The van der Waals surface area contributed by atoms with Gasteiger partial charge in [0.2, 0.25) is 0 Å².